The number of hydrogen-bond donors (Lipinski definition) is 3. The third kappa shape index (κ3) is 6.32. The van der Waals surface area contributed by atoms with E-state index in [1.165, 1.54) is 0 Å². The van der Waals surface area contributed by atoms with Gasteiger partial charge < -0.3 is 16.0 Å². The molecule has 0 saturated carbocycles. The summed E-state index contributed by atoms with van der Waals surface area (Å²) in [4.78, 5) is 28.7. The molecule has 0 spiro atoms. The Bertz CT molecular complexity index is 988. The Morgan fingerprint density at radius 1 is 0.862 bits per heavy atom. The molecule has 0 radical (unpaired) electrons. The summed E-state index contributed by atoms with van der Waals surface area (Å²) < 4.78 is 0. The minimum absolute atomic E-state index is 0.306. The van der Waals surface area contributed by atoms with Gasteiger partial charge in [-0.25, -0.2) is 4.79 Å². The summed E-state index contributed by atoms with van der Waals surface area (Å²) in [7, 11) is 0. The molecule has 1 atom stereocenters. The Kier molecular flexibility index (Phi) is 6.73. The van der Waals surface area contributed by atoms with Crippen molar-refractivity contribution in [3.63, 3.8) is 0 Å². The average Bonchev–Trinajstić information content (AvgIpc) is 2.74. The molecule has 0 aliphatic carbocycles. The van der Waals surface area contributed by atoms with Gasteiger partial charge in [0.05, 0.1) is 5.69 Å². The summed E-state index contributed by atoms with van der Waals surface area (Å²) in [6.45, 7) is 1.63. The fraction of sp³-hybridized carbons (Fsp3) is 0.0870. The van der Waals surface area contributed by atoms with Crippen LogP contribution in [0.5, 0.6) is 0 Å². The summed E-state index contributed by atoms with van der Waals surface area (Å²) in [6.07, 6.45) is 5.56. The first-order valence-corrected chi connectivity index (χ1v) is 9.23. The van der Waals surface area contributed by atoms with Crippen molar-refractivity contribution in [3.8, 4) is 0 Å². The molecule has 0 fully saturated rings. The second-order valence-corrected chi connectivity index (χ2v) is 6.39. The largest absolute Gasteiger partial charge is 0.326 e. The van der Waals surface area contributed by atoms with Gasteiger partial charge in [-0.15, -0.1) is 0 Å². The standard InChI is InChI=1S/C23H22N4O2/c1-17(25-23(29)27-20-10-3-2-4-11-20)22(28)26-21-12-7-8-18(16-21)13-14-19-9-5-6-15-24-19/h2-17H,1H3,(H,26,28)(H2,25,27,29). The lowest BCUT2D eigenvalue weighted by Crippen LogP contribution is -2.43. The molecule has 3 rings (SSSR count). The van der Waals surface area contributed by atoms with E-state index in [4.69, 9.17) is 0 Å². The van der Waals surface area contributed by atoms with Crippen LogP contribution in [0.3, 0.4) is 0 Å². The lowest BCUT2D eigenvalue weighted by atomic mass is 10.1. The maximum atomic E-state index is 12.4. The minimum atomic E-state index is -0.702. The van der Waals surface area contributed by atoms with E-state index < -0.39 is 12.1 Å². The molecule has 0 bridgehead atoms. The summed E-state index contributed by atoms with van der Waals surface area (Å²) in [5, 5.41) is 8.13. The number of rotatable bonds is 6. The first-order valence-electron chi connectivity index (χ1n) is 9.23. The van der Waals surface area contributed by atoms with Crippen LogP contribution in [0, 0.1) is 0 Å². The van der Waals surface area contributed by atoms with Crippen LogP contribution in [0.1, 0.15) is 18.2 Å². The lowest BCUT2D eigenvalue weighted by molar-refractivity contribution is -0.117. The van der Waals surface area contributed by atoms with Gasteiger partial charge in [0.15, 0.2) is 0 Å². The summed E-state index contributed by atoms with van der Waals surface area (Å²) in [6, 6.07) is 21.0. The fourth-order valence-corrected chi connectivity index (χ4v) is 2.58. The van der Waals surface area contributed by atoms with Crippen LogP contribution < -0.4 is 16.0 Å². The summed E-state index contributed by atoms with van der Waals surface area (Å²) in [5.41, 5.74) is 3.08. The third-order valence-corrected chi connectivity index (χ3v) is 4.06. The normalized spacial score (nSPS) is 11.6. The van der Waals surface area contributed by atoms with Crippen molar-refractivity contribution in [2.75, 3.05) is 10.6 Å². The zero-order valence-corrected chi connectivity index (χ0v) is 16.0. The quantitative estimate of drug-likeness (QED) is 0.587. The molecule has 0 saturated heterocycles. The highest BCUT2D eigenvalue weighted by Gasteiger charge is 2.15. The molecule has 6 nitrogen and oxygen atoms in total. The first-order chi connectivity index (χ1) is 14.1. The van der Waals surface area contributed by atoms with Crippen molar-refractivity contribution in [2.24, 2.45) is 0 Å². The Morgan fingerprint density at radius 3 is 2.38 bits per heavy atom. The molecule has 0 aliphatic heterocycles. The monoisotopic (exact) mass is 386 g/mol. The molecular formula is C23H22N4O2. The Morgan fingerprint density at radius 2 is 1.62 bits per heavy atom. The van der Waals surface area contributed by atoms with Gasteiger partial charge in [0.2, 0.25) is 5.91 Å². The number of nitrogens with one attached hydrogen (secondary N) is 3. The molecule has 1 aromatic heterocycles. The number of anilines is 2. The molecular weight excluding hydrogens is 364 g/mol. The van der Waals surface area contributed by atoms with Crippen molar-refractivity contribution >= 4 is 35.5 Å². The van der Waals surface area contributed by atoms with E-state index in [0.717, 1.165) is 11.3 Å². The predicted molar refractivity (Wildman–Crippen MR) is 116 cm³/mol. The number of aromatic nitrogens is 1. The average molecular weight is 386 g/mol. The topological polar surface area (TPSA) is 83.1 Å². The van der Waals surface area contributed by atoms with Crippen molar-refractivity contribution in [3.05, 3.63) is 90.3 Å². The highest BCUT2D eigenvalue weighted by Crippen LogP contribution is 2.14. The van der Waals surface area contributed by atoms with Crippen LogP contribution >= 0.6 is 0 Å². The van der Waals surface area contributed by atoms with Crippen LogP contribution in [0.4, 0.5) is 16.2 Å². The van der Waals surface area contributed by atoms with E-state index in [1.54, 1.807) is 31.3 Å². The van der Waals surface area contributed by atoms with Crippen molar-refractivity contribution in [1.29, 1.82) is 0 Å². The number of hydrogen-bond acceptors (Lipinski definition) is 3. The van der Waals surface area contributed by atoms with Crippen molar-refractivity contribution in [1.82, 2.24) is 10.3 Å². The minimum Gasteiger partial charge on any atom is -0.326 e. The second kappa shape index (κ2) is 9.85. The smallest absolute Gasteiger partial charge is 0.319 e. The third-order valence-electron chi connectivity index (χ3n) is 4.06. The number of benzene rings is 2. The van der Waals surface area contributed by atoms with Gasteiger partial charge in [-0.05, 0) is 55.0 Å². The molecule has 1 unspecified atom stereocenters. The lowest BCUT2D eigenvalue weighted by Gasteiger charge is -2.15. The number of urea groups is 1. The molecule has 1 heterocycles. The number of pyridine rings is 1. The van der Waals surface area contributed by atoms with Crippen LogP contribution in [-0.4, -0.2) is 23.0 Å². The Balaban J connectivity index is 1.55. The molecule has 6 heteroatoms. The maximum absolute atomic E-state index is 12.4. The van der Waals surface area contributed by atoms with Gasteiger partial charge in [0.25, 0.3) is 0 Å². The van der Waals surface area contributed by atoms with E-state index >= 15 is 0 Å². The molecule has 3 aromatic rings. The van der Waals surface area contributed by atoms with E-state index in [-0.39, 0.29) is 5.91 Å². The first kappa shape index (κ1) is 19.8. The van der Waals surface area contributed by atoms with Crippen LogP contribution in [0.25, 0.3) is 12.2 Å². The molecule has 3 N–H and O–H groups in total. The van der Waals surface area contributed by atoms with Gasteiger partial charge in [0.1, 0.15) is 6.04 Å². The predicted octanol–water partition coefficient (Wildman–Crippen LogP) is 4.40. The number of amides is 3. The van der Waals surface area contributed by atoms with Gasteiger partial charge in [-0.1, -0.05) is 42.5 Å². The number of nitrogens with zero attached hydrogens (tertiary/aromatic N) is 1. The van der Waals surface area contributed by atoms with Gasteiger partial charge in [-0.2, -0.15) is 0 Å². The van der Waals surface area contributed by atoms with Crippen molar-refractivity contribution in [2.45, 2.75) is 13.0 Å². The molecule has 29 heavy (non-hydrogen) atoms. The fourth-order valence-electron chi connectivity index (χ4n) is 2.58. The molecule has 3 amide bonds. The van der Waals surface area contributed by atoms with E-state index in [1.807, 2.05) is 66.7 Å². The SMILES string of the molecule is CC(NC(=O)Nc1ccccc1)C(=O)Nc1cccc(C=Cc2ccccn2)c1. The summed E-state index contributed by atoms with van der Waals surface area (Å²) in [5.74, 6) is -0.306. The highest BCUT2D eigenvalue weighted by atomic mass is 16.2. The van der Waals surface area contributed by atoms with Crippen LogP contribution in [0.15, 0.2) is 79.0 Å². The van der Waals surface area contributed by atoms with Gasteiger partial charge in [-0.3, -0.25) is 9.78 Å². The number of carbonyl (C=O) groups is 2. The van der Waals surface area contributed by atoms with E-state index in [2.05, 4.69) is 20.9 Å². The number of carbonyl (C=O) groups excluding carboxylic acids is 2. The second-order valence-electron chi connectivity index (χ2n) is 6.39. The van der Waals surface area contributed by atoms with E-state index in [9.17, 15) is 9.59 Å². The highest BCUT2D eigenvalue weighted by molar-refractivity contribution is 5.99. The Hall–Kier alpha value is -3.93. The molecule has 0 aliphatic rings. The molecule has 2 aromatic carbocycles. The molecule has 146 valence electrons. The maximum Gasteiger partial charge on any atom is 0.319 e. The Labute approximate surface area is 169 Å². The van der Waals surface area contributed by atoms with Gasteiger partial charge >= 0.3 is 6.03 Å². The van der Waals surface area contributed by atoms with Gasteiger partial charge in [0, 0.05) is 17.6 Å². The summed E-state index contributed by atoms with van der Waals surface area (Å²) >= 11 is 0. The van der Waals surface area contributed by atoms with Crippen LogP contribution in [0.2, 0.25) is 0 Å². The number of para-hydroxylation sites is 1. The van der Waals surface area contributed by atoms with Crippen LogP contribution in [-0.2, 0) is 4.79 Å². The van der Waals surface area contributed by atoms with Crippen molar-refractivity contribution < 1.29 is 9.59 Å². The zero-order chi connectivity index (χ0) is 20.5. The van der Waals surface area contributed by atoms with E-state index in [0.29, 0.717) is 11.4 Å². The zero-order valence-electron chi connectivity index (χ0n) is 16.0.